The number of aryl methyl sites for hydroxylation is 3. The second-order valence-corrected chi connectivity index (χ2v) is 4.70. The Morgan fingerprint density at radius 3 is 2.65 bits per heavy atom. The summed E-state index contributed by atoms with van der Waals surface area (Å²) in [5.74, 6) is 0.547. The van der Waals surface area contributed by atoms with Crippen LogP contribution in [0.5, 0.6) is 0 Å². The molecule has 0 saturated heterocycles. The Kier molecular flexibility index (Phi) is 3.44. The summed E-state index contributed by atoms with van der Waals surface area (Å²) < 4.78 is 5.33. The van der Waals surface area contributed by atoms with Crippen molar-refractivity contribution in [1.82, 2.24) is 15.2 Å². The molecule has 0 aliphatic rings. The maximum absolute atomic E-state index is 5.74. The fraction of sp³-hybridized carbons (Fsp3) is 0.364. The van der Waals surface area contributed by atoms with Crippen LogP contribution in [0.15, 0.2) is 20.7 Å². The Hall–Kier alpha value is -1.40. The number of aromatic nitrogens is 3. The summed E-state index contributed by atoms with van der Waals surface area (Å²) in [5.41, 5.74) is 8.86. The van der Waals surface area contributed by atoms with Gasteiger partial charge in [-0.05, 0) is 37.2 Å². The fourth-order valence-corrected chi connectivity index (χ4v) is 2.53. The van der Waals surface area contributed by atoms with Crippen LogP contribution < -0.4 is 5.73 Å². The third-order valence-electron chi connectivity index (χ3n) is 2.33. The SMILES string of the molecule is Cc1cc(C)c(CN)c(Sc2nnc(C)o2)n1. The molecule has 0 atom stereocenters. The Balaban J connectivity index is 2.37. The first kappa shape index (κ1) is 12.1. The minimum Gasteiger partial charge on any atom is -0.416 e. The highest BCUT2D eigenvalue weighted by molar-refractivity contribution is 7.99. The van der Waals surface area contributed by atoms with Gasteiger partial charge in [0.05, 0.1) is 0 Å². The van der Waals surface area contributed by atoms with Crippen molar-refractivity contribution in [3.63, 3.8) is 0 Å². The predicted molar refractivity (Wildman–Crippen MR) is 64.8 cm³/mol. The largest absolute Gasteiger partial charge is 0.416 e. The van der Waals surface area contributed by atoms with Gasteiger partial charge in [0.1, 0.15) is 5.03 Å². The van der Waals surface area contributed by atoms with E-state index in [0.29, 0.717) is 17.7 Å². The summed E-state index contributed by atoms with van der Waals surface area (Å²) in [6.07, 6.45) is 0. The summed E-state index contributed by atoms with van der Waals surface area (Å²) in [7, 11) is 0. The molecule has 2 heterocycles. The molecule has 0 aliphatic heterocycles. The van der Waals surface area contributed by atoms with E-state index >= 15 is 0 Å². The lowest BCUT2D eigenvalue weighted by Gasteiger charge is -2.08. The Bertz CT molecular complexity index is 538. The highest BCUT2D eigenvalue weighted by Crippen LogP contribution is 2.29. The zero-order valence-corrected chi connectivity index (χ0v) is 10.8. The molecule has 2 aromatic rings. The lowest BCUT2D eigenvalue weighted by atomic mass is 10.1. The fourth-order valence-electron chi connectivity index (χ4n) is 1.56. The summed E-state index contributed by atoms with van der Waals surface area (Å²) >= 11 is 1.36. The van der Waals surface area contributed by atoms with Gasteiger partial charge >= 0.3 is 0 Å². The van der Waals surface area contributed by atoms with E-state index in [0.717, 1.165) is 21.8 Å². The van der Waals surface area contributed by atoms with Gasteiger partial charge in [-0.2, -0.15) is 0 Å². The van der Waals surface area contributed by atoms with Gasteiger partial charge in [0, 0.05) is 24.7 Å². The van der Waals surface area contributed by atoms with E-state index in [2.05, 4.69) is 15.2 Å². The molecule has 90 valence electrons. The molecule has 0 radical (unpaired) electrons. The highest BCUT2D eigenvalue weighted by Gasteiger charge is 2.12. The van der Waals surface area contributed by atoms with Crippen molar-refractivity contribution in [1.29, 1.82) is 0 Å². The van der Waals surface area contributed by atoms with E-state index in [-0.39, 0.29) is 0 Å². The molecule has 2 aromatic heterocycles. The number of pyridine rings is 1. The molecule has 2 rings (SSSR count). The summed E-state index contributed by atoms with van der Waals surface area (Å²) in [6.45, 7) is 6.20. The zero-order chi connectivity index (χ0) is 12.4. The van der Waals surface area contributed by atoms with Crippen LogP contribution in [0.1, 0.15) is 22.7 Å². The van der Waals surface area contributed by atoms with E-state index in [1.165, 1.54) is 11.8 Å². The van der Waals surface area contributed by atoms with Crippen LogP contribution in [0, 0.1) is 20.8 Å². The second-order valence-electron chi connectivity index (χ2n) is 3.76. The Morgan fingerprint density at radius 2 is 2.06 bits per heavy atom. The van der Waals surface area contributed by atoms with Crippen molar-refractivity contribution in [2.45, 2.75) is 37.6 Å². The molecule has 0 fully saturated rings. The third-order valence-corrected chi connectivity index (χ3v) is 3.20. The quantitative estimate of drug-likeness (QED) is 0.897. The van der Waals surface area contributed by atoms with Crippen molar-refractivity contribution in [2.75, 3.05) is 0 Å². The first-order chi connectivity index (χ1) is 8.10. The average Bonchev–Trinajstić information content (AvgIpc) is 2.63. The van der Waals surface area contributed by atoms with Crippen LogP contribution in [0.25, 0.3) is 0 Å². The monoisotopic (exact) mass is 250 g/mol. The minimum absolute atomic E-state index is 0.453. The van der Waals surface area contributed by atoms with E-state index in [4.69, 9.17) is 10.2 Å². The zero-order valence-electron chi connectivity index (χ0n) is 10.0. The van der Waals surface area contributed by atoms with Crippen molar-refractivity contribution >= 4 is 11.8 Å². The lowest BCUT2D eigenvalue weighted by Crippen LogP contribution is -2.04. The lowest BCUT2D eigenvalue weighted by molar-refractivity contribution is 0.429. The second kappa shape index (κ2) is 4.85. The maximum Gasteiger partial charge on any atom is 0.282 e. The van der Waals surface area contributed by atoms with E-state index in [1.807, 2.05) is 19.9 Å². The molecule has 5 nitrogen and oxygen atoms in total. The summed E-state index contributed by atoms with van der Waals surface area (Å²) in [6, 6.07) is 2.02. The number of nitrogens with zero attached hydrogens (tertiary/aromatic N) is 3. The molecule has 0 spiro atoms. The van der Waals surface area contributed by atoms with Crippen LogP contribution in [0.3, 0.4) is 0 Å². The normalized spacial score (nSPS) is 10.8. The molecular weight excluding hydrogens is 236 g/mol. The van der Waals surface area contributed by atoms with Gasteiger partial charge < -0.3 is 10.2 Å². The topological polar surface area (TPSA) is 77.8 Å². The highest BCUT2D eigenvalue weighted by atomic mass is 32.2. The van der Waals surface area contributed by atoms with Crippen molar-refractivity contribution in [3.8, 4) is 0 Å². The minimum atomic E-state index is 0.453. The van der Waals surface area contributed by atoms with Gasteiger partial charge in [0.15, 0.2) is 0 Å². The number of nitrogens with two attached hydrogens (primary N) is 1. The van der Waals surface area contributed by atoms with Crippen molar-refractivity contribution in [2.24, 2.45) is 5.73 Å². The first-order valence-corrected chi connectivity index (χ1v) is 6.07. The molecular formula is C11H14N4OS. The van der Waals surface area contributed by atoms with Gasteiger partial charge in [-0.25, -0.2) is 4.98 Å². The Labute approximate surface area is 104 Å². The maximum atomic E-state index is 5.74. The van der Waals surface area contributed by atoms with Gasteiger partial charge in [-0.15, -0.1) is 10.2 Å². The van der Waals surface area contributed by atoms with E-state index < -0.39 is 0 Å². The average molecular weight is 250 g/mol. The molecule has 17 heavy (non-hydrogen) atoms. The number of rotatable bonds is 3. The Morgan fingerprint density at radius 1 is 1.29 bits per heavy atom. The molecule has 0 unspecified atom stereocenters. The predicted octanol–water partition coefficient (Wildman–Crippen LogP) is 2.00. The number of hydrogen-bond acceptors (Lipinski definition) is 6. The standard InChI is InChI=1S/C11H14N4OS/c1-6-4-7(2)13-10(9(6)5-12)17-11-15-14-8(3)16-11/h4H,5,12H2,1-3H3. The van der Waals surface area contributed by atoms with Crippen LogP contribution in [0.2, 0.25) is 0 Å². The van der Waals surface area contributed by atoms with Crippen LogP contribution in [-0.2, 0) is 6.54 Å². The third kappa shape index (κ3) is 2.65. The van der Waals surface area contributed by atoms with Gasteiger partial charge in [-0.1, -0.05) is 0 Å². The molecule has 0 saturated carbocycles. The molecule has 2 N–H and O–H groups in total. The summed E-state index contributed by atoms with van der Waals surface area (Å²) in [4.78, 5) is 4.46. The molecule has 6 heteroatoms. The van der Waals surface area contributed by atoms with Gasteiger partial charge in [0.2, 0.25) is 5.89 Å². The molecule has 0 amide bonds. The smallest absolute Gasteiger partial charge is 0.282 e. The number of hydrogen-bond donors (Lipinski definition) is 1. The van der Waals surface area contributed by atoms with Gasteiger partial charge in [0.25, 0.3) is 5.22 Å². The molecule has 0 aliphatic carbocycles. The van der Waals surface area contributed by atoms with Crippen molar-refractivity contribution in [3.05, 3.63) is 28.8 Å². The van der Waals surface area contributed by atoms with Crippen molar-refractivity contribution < 1.29 is 4.42 Å². The first-order valence-electron chi connectivity index (χ1n) is 5.25. The van der Waals surface area contributed by atoms with Crippen LogP contribution in [0.4, 0.5) is 0 Å². The van der Waals surface area contributed by atoms with E-state index in [1.54, 1.807) is 6.92 Å². The molecule has 0 aromatic carbocycles. The van der Waals surface area contributed by atoms with Crippen LogP contribution in [-0.4, -0.2) is 15.2 Å². The summed E-state index contributed by atoms with van der Waals surface area (Å²) in [5, 5.41) is 9.06. The van der Waals surface area contributed by atoms with Gasteiger partial charge in [-0.3, -0.25) is 0 Å². The van der Waals surface area contributed by atoms with E-state index in [9.17, 15) is 0 Å². The molecule has 0 bridgehead atoms. The van der Waals surface area contributed by atoms with Crippen LogP contribution >= 0.6 is 11.8 Å².